The molecule has 1 saturated heterocycles. The Kier molecular flexibility index (Phi) is 2.80. The zero-order valence-corrected chi connectivity index (χ0v) is 9.48. The maximum Gasteiger partial charge on any atom is 0.128 e. The summed E-state index contributed by atoms with van der Waals surface area (Å²) in [4.78, 5) is 6.75. The molecule has 1 aromatic rings. The first-order valence-electron chi connectivity index (χ1n) is 5.65. The molecule has 2 unspecified atom stereocenters. The van der Waals surface area contributed by atoms with Gasteiger partial charge in [-0.05, 0) is 37.8 Å². The number of nitrogens with two attached hydrogens (primary N) is 1. The van der Waals surface area contributed by atoms with Crippen molar-refractivity contribution in [1.29, 1.82) is 0 Å². The van der Waals surface area contributed by atoms with Crippen LogP contribution in [0.25, 0.3) is 0 Å². The van der Waals surface area contributed by atoms with Crippen molar-refractivity contribution in [2.24, 2.45) is 5.92 Å². The Hall–Kier alpha value is -1.25. The molecule has 2 N–H and O–H groups in total. The van der Waals surface area contributed by atoms with Gasteiger partial charge in [-0.1, -0.05) is 6.92 Å². The van der Waals surface area contributed by atoms with Gasteiger partial charge in [-0.25, -0.2) is 4.98 Å². The summed E-state index contributed by atoms with van der Waals surface area (Å²) in [6.07, 6.45) is 4.25. The molecule has 0 aromatic carbocycles. The largest absolute Gasteiger partial charge is 0.397 e. The van der Waals surface area contributed by atoms with E-state index in [-0.39, 0.29) is 0 Å². The van der Waals surface area contributed by atoms with Crippen molar-refractivity contribution in [2.45, 2.75) is 32.7 Å². The lowest BCUT2D eigenvalue weighted by Gasteiger charge is -2.37. The van der Waals surface area contributed by atoms with E-state index in [1.165, 1.54) is 12.8 Å². The van der Waals surface area contributed by atoms with Gasteiger partial charge in [0.25, 0.3) is 0 Å². The standard InChI is InChI=1S/C12H19N3/c1-9-5-6-15(10(2)7-9)12-4-3-11(13)8-14-12/h3-4,8-10H,5-7,13H2,1-2H3. The Labute approximate surface area is 91.3 Å². The average molecular weight is 205 g/mol. The van der Waals surface area contributed by atoms with E-state index in [0.717, 1.165) is 24.0 Å². The highest BCUT2D eigenvalue weighted by molar-refractivity contribution is 5.46. The van der Waals surface area contributed by atoms with Crippen molar-refractivity contribution >= 4 is 11.5 Å². The van der Waals surface area contributed by atoms with Gasteiger partial charge in [0.1, 0.15) is 5.82 Å². The van der Waals surface area contributed by atoms with Gasteiger partial charge in [0.05, 0.1) is 11.9 Å². The van der Waals surface area contributed by atoms with E-state index < -0.39 is 0 Å². The predicted molar refractivity (Wildman–Crippen MR) is 63.9 cm³/mol. The summed E-state index contributed by atoms with van der Waals surface area (Å²) < 4.78 is 0. The fourth-order valence-corrected chi connectivity index (χ4v) is 2.32. The van der Waals surface area contributed by atoms with Crippen molar-refractivity contribution in [3.63, 3.8) is 0 Å². The van der Waals surface area contributed by atoms with E-state index in [9.17, 15) is 0 Å². The number of hydrogen-bond donors (Lipinski definition) is 1. The molecule has 0 aliphatic carbocycles. The number of nitrogen functional groups attached to an aromatic ring is 1. The lowest BCUT2D eigenvalue weighted by molar-refractivity contribution is 0.376. The molecule has 3 nitrogen and oxygen atoms in total. The van der Waals surface area contributed by atoms with E-state index >= 15 is 0 Å². The first kappa shape index (κ1) is 10.3. The SMILES string of the molecule is CC1CCN(c2ccc(N)cn2)C(C)C1. The van der Waals surface area contributed by atoms with Gasteiger partial charge in [-0.2, -0.15) is 0 Å². The van der Waals surface area contributed by atoms with Gasteiger partial charge in [-0.3, -0.25) is 0 Å². The van der Waals surface area contributed by atoms with Gasteiger partial charge in [0.15, 0.2) is 0 Å². The maximum absolute atomic E-state index is 5.63. The quantitative estimate of drug-likeness (QED) is 0.765. The normalized spacial score (nSPS) is 26.7. The third-order valence-corrected chi connectivity index (χ3v) is 3.20. The molecular weight excluding hydrogens is 186 g/mol. The van der Waals surface area contributed by atoms with Crippen LogP contribution in [0.5, 0.6) is 0 Å². The second-order valence-electron chi connectivity index (χ2n) is 4.62. The van der Waals surface area contributed by atoms with Crippen LogP contribution in [0.1, 0.15) is 26.7 Å². The molecule has 82 valence electrons. The lowest BCUT2D eigenvalue weighted by Crippen LogP contribution is -2.40. The summed E-state index contributed by atoms with van der Waals surface area (Å²) in [7, 11) is 0. The van der Waals surface area contributed by atoms with Crippen LogP contribution < -0.4 is 10.6 Å². The molecule has 2 atom stereocenters. The van der Waals surface area contributed by atoms with E-state index in [1.807, 2.05) is 12.1 Å². The molecule has 0 spiro atoms. The number of piperidine rings is 1. The van der Waals surface area contributed by atoms with Gasteiger partial charge in [-0.15, -0.1) is 0 Å². The van der Waals surface area contributed by atoms with E-state index in [4.69, 9.17) is 5.73 Å². The Morgan fingerprint density at radius 2 is 2.20 bits per heavy atom. The van der Waals surface area contributed by atoms with Crippen molar-refractivity contribution < 1.29 is 0 Å². The van der Waals surface area contributed by atoms with Crippen LogP contribution in [0, 0.1) is 5.92 Å². The van der Waals surface area contributed by atoms with Crippen LogP contribution in [0.3, 0.4) is 0 Å². The molecule has 0 amide bonds. The Morgan fingerprint density at radius 3 is 2.80 bits per heavy atom. The minimum absolute atomic E-state index is 0.588. The van der Waals surface area contributed by atoms with E-state index in [0.29, 0.717) is 6.04 Å². The van der Waals surface area contributed by atoms with Crippen LogP contribution >= 0.6 is 0 Å². The minimum Gasteiger partial charge on any atom is -0.397 e. The number of aromatic nitrogens is 1. The minimum atomic E-state index is 0.588. The van der Waals surface area contributed by atoms with Crippen LogP contribution in [0.2, 0.25) is 0 Å². The molecule has 0 radical (unpaired) electrons. The second kappa shape index (κ2) is 4.09. The van der Waals surface area contributed by atoms with Crippen LogP contribution in [-0.4, -0.2) is 17.6 Å². The predicted octanol–water partition coefficient (Wildman–Crippen LogP) is 2.29. The molecule has 1 aliphatic rings. The molecule has 2 rings (SSSR count). The van der Waals surface area contributed by atoms with Crippen molar-refractivity contribution in [3.05, 3.63) is 18.3 Å². The number of pyridine rings is 1. The molecule has 1 aromatic heterocycles. The molecule has 1 aliphatic heterocycles. The van der Waals surface area contributed by atoms with E-state index in [2.05, 4.69) is 23.7 Å². The van der Waals surface area contributed by atoms with Gasteiger partial charge in [0.2, 0.25) is 0 Å². The van der Waals surface area contributed by atoms with Crippen molar-refractivity contribution in [2.75, 3.05) is 17.2 Å². The van der Waals surface area contributed by atoms with Crippen LogP contribution in [0.15, 0.2) is 18.3 Å². The second-order valence-corrected chi connectivity index (χ2v) is 4.62. The van der Waals surface area contributed by atoms with Gasteiger partial charge in [0, 0.05) is 12.6 Å². The fraction of sp³-hybridized carbons (Fsp3) is 0.583. The Morgan fingerprint density at radius 1 is 1.40 bits per heavy atom. The lowest BCUT2D eigenvalue weighted by atomic mass is 9.93. The highest BCUT2D eigenvalue weighted by atomic mass is 15.2. The topological polar surface area (TPSA) is 42.1 Å². The maximum atomic E-state index is 5.63. The average Bonchev–Trinajstić information content (AvgIpc) is 2.20. The number of nitrogens with zero attached hydrogens (tertiary/aromatic N) is 2. The molecule has 2 heterocycles. The molecule has 1 fully saturated rings. The monoisotopic (exact) mass is 205 g/mol. The van der Waals surface area contributed by atoms with Crippen molar-refractivity contribution in [1.82, 2.24) is 4.98 Å². The Bertz CT molecular complexity index is 320. The van der Waals surface area contributed by atoms with Gasteiger partial charge < -0.3 is 10.6 Å². The molecule has 15 heavy (non-hydrogen) atoms. The summed E-state index contributed by atoms with van der Waals surface area (Å²) in [5.74, 6) is 1.90. The number of anilines is 2. The molecular formula is C12H19N3. The molecule has 3 heteroatoms. The highest BCUT2D eigenvalue weighted by Gasteiger charge is 2.23. The zero-order valence-electron chi connectivity index (χ0n) is 9.48. The smallest absolute Gasteiger partial charge is 0.128 e. The third kappa shape index (κ3) is 2.22. The summed E-state index contributed by atoms with van der Waals surface area (Å²) in [6.45, 7) is 5.71. The first-order chi connectivity index (χ1) is 7.16. The zero-order chi connectivity index (χ0) is 10.8. The number of hydrogen-bond acceptors (Lipinski definition) is 3. The van der Waals surface area contributed by atoms with Crippen LogP contribution in [-0.2, 0) is 0 Å². The fourth-order valence-electron chi connectivity index (χ4n) is 2.32. The first-order valence-corrected chi connectivity index (χ1v) is 5.65. The van der Waals surface area contributed by atoms with Gasteiger partial charge >= 0.3 is 0 Å². The van der Waals surface area contributed by atoms with Crippen molar-refractivity contribution in [3.8, 4) is 0 Å². The summed E-state index contributed by atoms with van der Waals surface area (Å²) >= 11 is 0. The molecule has 0 saturated carbocycles. The Balaban J connectivity index is 2.13. The number of rotatable bonds is 1. The highest BCUT2D eigenvalue weighted by Crippen LogP contribution is 2.26. The third-order valence-electron chi connectivity index (χ3n) is 3.20. The summed E-state index contributed by atoms with van der Waals surface area (Å²) in [5, 5.41) is 0. The summed E-state index contributed by atoms with van der Waals surface area (Å²) in [6, 6.07) is 4.53. The van der Waals surface area contributed by atoms with E-state index in [1.54, 1.807) is 6.20 Å². The summed E-state index contributed by atoms with van der Waals surface area (Å²) in [5.41, 5.74) is 6.37. The van der Waals surface area contributed by atoms with Crippen LogP contribution in [0.4, 0.5) is 11.5 Å². The molecule has 0 bridgehead atoms.